The summed E-state index contributed by atoms with van der Waals surface area (Å²) >= 11 is 1.08. The molecule has 1 aromatic carbocycles. The summed E-state index contributed by atoms with van der Waals surface area (Å²) in [6, 6.07) is 6.05. The largest absolute Gasteiger partial charge is 0.441 e. The van der Waals surface area contributed by atoms with E-state index in [4.69, 9.17) is 9.15 Å². The van der Waals surface area contributed by atoms with Crippen molar-refractivity contribution >= 4 is 22.9 Å². The lowest BCUT2D eigenvalue weighted by Crippen LogP contribution is -2.24. The van der Waals surface area contributed by atoms with Gasteiger partial charge in [0.15, 0.2) is 0 Å². The Hall–Kier alpha value is -2.19. The van der Waals surface area contributed by atoms with Crippen molar-refractivity contribution < 1.29 is 23.1 Å². The van der Waals surface area contributed by atoms with Crippen LogP contribution >= 0.6 is 11.8 Å². The lowest BCUT2D eigenvalue weighted by Gasteiger charge is -2.05. The summed E-state index contributed by atoms with van der Waals surface area (Å²) in [4.78, 5) is 27.0. The summed E-state index contributed by atoms with van der Waals surface area (Å²) in [7, 11) is 0. The summed E-state index contributed by atoms with van der Waals surface area (Å²) in [5.41, 5.74) is 1.58. The number of benzene rings is 1. The quantitative estimate of drug-likeness (QED) is 0.594. The molecule has 1 saturated heterocycles. The number of rotatable bonds is 10. The average Bonchev–Trinajstić information content (AvgIpc) is 3.19. The molecule has 1 aromatic heterocycles. The van der Waals surface area contributed by atoms with E-state index in [1.54, 1.807) is 12.1 Å². The number of thioether (sulfide) groups is 1. The lowest BCUT2D eigenvalue weighted by atomic mass is 10.1. The maximum absolute atomic E-state index is 13.0. The molecule has 1 aliphatic rings. The van der Waals surface area contributed by atoms with Gasteiger partial charge in [-0.15, -0.1) is 0 Å². The van der Waals surface area contributed by atoms with Gasteiger partial charge in [-0.1, -0.05) is 24.6 Å². The van der Waals surface area contributed by atoms with Crippen molar-refractivity contribution in [3.8, 4) is 11.5 Å². The van der Waals surface area contributed by atoms with Crippen LogP contribution in [0.2, 0.25) is 0 Å². The van der Waals surface area contributed by atoms with Crippen molar-refractivity contribution in [3.05, 3.63) is 41.5 Å². The van der Waals surface area contributed by atoms with Crippen molar-refractivity contribution in [3.63, 3.8) is 0 Å². The third-order valence-corrected chi connectivity index (χ3v) is 5.54. The number of hydrogen-bond donors (Lipinski definition) is 1. The van der Waals surface area contributed by atoms with Crippen molar-refractivity contribution in [2.45, 2.75) is 44.3 Å². The molecule has 28 heavy (non-hydrogen) atoms. The van der Waals surface area contributed by atoms with Crippen LogP contribution in [0.15, 0.2) is 28.7 Å². The Morgan fingerprint density at radius 3 is 2.68 bits per heavy atom. The molecule has 1 atom stereocenters. The van der Waals surface area contributed by atoms with Crippen LogP contribution in [-0.4, -0.2) is 34.6 Å². The number of aryl methyl sites for hydroxylation is 1. The van der Waals surface area contributed by atoms with Gasteiger partial charge in [-0.25, -0.2) is 9.37 Å². The lowest BCUT2D eigenvalue weighted by molar-refractivity contribution is -0.119. The second-order valence-corrected chi connectivity index (χ2v) is 7.80. The van der Waals surface area contributed by atoms with Gasteiger partial charge in [0, 0.05) is 18.6 Å². The Labute approximate surface area is 167 Å². The van der Waals surface area contributed by atoms with E-state index in [1.165, 1.54) is 12.1 Å². The SMILES string of the molecule is Cc1oc(-c2ccc(F)cc2)nc1CCOCCCCCC1SC(=O)NC1=O. The molecule has 150 valence electrons. The predicted octanol–water partition coefficient (Wildman–Crippen LogP) is 4.26. The van der Waals surface area contributed by atoms with Crippen LogP contribution in [0.1, 0.15) is 37.1 Å². The van der Waals surface area contributed by atoms with Crippen LogP contribution in [-0.2, 0) is 16.0 Å². The molecule has 1 aliphatic heterocycles. The highest BCUT2D eigenvalue weighted by Gasteiger charge is 2.30. The summed E-state index contributed by atoms with van der Waals surface area (Å²) < 4.78 is 24.3. The van der Waals surface area contributed by atoms with Gasteiger partial charge in [-0.3, -0.25) is 14.9 Å². The van der Waals surface area contributed by atoms with Crippen molar-refractivity contribution in [2.24, 2.45) is 0 Å². The first-order valence-electron chi connectivity index (χ1n) is 9.34. The van der Waals surface area contributed by atoms with Crippen LogP contribution in [0.25, 0.3) is 11.5 Å². The zero-order valence-electron chi connectivity index (χ0n) is 15.7. The third-order valence-electron chi connectivity index (χ3n) is 4.49. The van der Waals surface area contributed by atoms with Gasteiger partial charge in [-0.05, 0) is 44.0 Å². The number of carbonyl (C=O) groups is 2. The first-order valence-corrected chi connectivity index (χ1v) is 10.2. The molecular weight excluding hydrogens is 383 g/mol. The number of amides is 2. The Balaban J connectivity index is 1.31. The topological polar surface area (TPSA) is 81.4 Å². The number of unbranched alkanes of at least 4 members (excludes halogenated alkanes) is 2. The zero-order valence-corrected chi connectivity index (χ0v) is 16.5. The molecule has 2 heterocycles. The van der Waals surface area contributed by atoms with Gasteiger partial charge in [0.2, 0.25) is 11.8 Å². The van der Waals surface area contributed by atoms with Crippen LogP contribution in [0.5, 0.6) is 0 Å². The van der Waals surface area contributed by atoms with Crippen LogP contribution in [0, 0.1) is 12.7 Å². The Kier molecular flexibility index (Phi) is 7.22. The van der Waals surface area contributed by atoms with Crippen molar-refractivity contribution in [1.29, 1.82) is 0 Å². The van der Waals surface area contributed by atoms with Gasteiger partial charge in [0.05, 0.1) is 17.6 Å². The van der Waals surface area contributed by atoms with Gasteiger partial charge in [-0.2, -0.15) is 0 Å². The third kappa shape index (κ3) is 5.65. The number of halogens is 1. The second kappa shape index (κ2) is 9.84. The highest BCUT2D eigenvalue weighted by atomic mass is 32.2. The zero-order chi connectivity index (χ0) is 19.9. The van der Waals surface area contributed by atoms with E-state index in [0.717, 1.165) is 48.0 Å². The Morgan fingerprint density at radius 1 is 1.18 bits per heavy atom. The summed E-state index contributed by atoms with van der Waals surface area (Å²) in [6.07, 6.45) is 4.12. The molecule has 6 nitrogen and oxygen atoms in total. The Bertz CT molecular complexity index is 822. The number of oxazole rings is 1. The normalized spacial score (nSPS) is 16.6. The fourth-order valence-electron chi connectivity index (χ4n) is 2.94. The standard InChI is InChI=1S/C20H23FN2O4S/c1-13-16(22-19(27-13)14-6-8-15(21)9-7-14)10-12-26-11-4-2-3-5-17-18(24)23-20(25)28-17/h6-9,17H,2-5,10-12H2,1H3,(H,23,24,25). The number of aromatic nitrogens is 1. The van der Waals surface area contributed by atoms with E-state index in [2.05, 4.69) is 10.3 Å². The maximum atomic E-state index is 13.0. The minimum absolute atomic E-state index is 0.172. The van der Waals surface area contributed by atoms with Gasteiger partial charge >= 0.3 is 0 Å². The molecule has 1 fully saturated rings. The van der Waals surface area contributed by atoms with Crippen LogP contribution in [0.3, 0.4) is 0 Å². The van der Waals surface area contributed by atoms with Gasteiger partial charge in [0.25, 0.3) is 5.24 Å². The molecule has 0 saturated carbocycles. The fraction of sp³-hybridized carbons (Fsp3) is 0.450. The Morgan fingerprint density at radius 2 is 1.96 bits per heavy atom. The number of ether oxygens (including phenoxy) is 1. The fourth-order valence-corrected chi connectivity index (χ4v) is 3.81. The van der Waals surface area contributed by atoms with E-state index >= 15 is 0 Å². The molecule has 0 radical (unpaired) electrons. The number of nitrogens with zero attached hydrogens (tertiary/aromatic N) is 1. The second-order valence-electron chi connectivity index (χ2n) is 6.62. The molecule has 1 unspecified atom stereocenters. The highest BCUT2D eigenvalue weighted by Crippen LogP contribution is 2.24. The van der Waals surface area contributed by atoms with Crippen LogP contribution in [0.4, 0.5) is 9.18 Å². The van der Waals surface area contributed by atoms with Gasteiger partial charge < -0.3 is 9.15 Å². The highest BCUT2D eigenvalue weighted by molar-refractivity contribution is 8.15. The van der Waals surface area contributed by atoms with Crippen molar-refractivity contribution in [2.75, 3.05) is 13.2 Å². The number of carbonyl (C=O) groups excluding carboxylic acids is 2. The van der Waals surface area contributed by atoms with E-state index in [0.29, 0.717) is 31.9 Å². The molecular formula is C20H23FN2O4S. The summed E-state index contributed by atoms with van der Waals surface area (Å²) in [6.45, 7) is 3.05. The molecule has 0 aliphatic carbocycles. The smallest absolute Gasteiger partial charge is 0.286 e. The molecule has 0 spiro atoms. The average molecular weight is 406 g/mol. The maximum Gasteiger partial charge on any atom is 0.286 e. The van der Waals surface area contributed by atoms with E-state index in [1.807, 2.05) is 6.92 Å². The molecule has 3 rings (SSSR count). The van der Waals surface area contributed by atoms with Gasteiger partial charge in [0.1, 0.15) is 11.6 Å². The van der Waals surface area contributed by atoms with E-state index in [9.17, 15) is 14.0 Å². The summed E-state index contributed by atoms with van der Waals surface area (Å²) in [5, 5.41) is 1.82. The minimum atomic E-state index is -0.292. The number of imide groups is 1. The molecule has 2 aromatic rings. The number of nitrogens with one attached hydrogen (secondary N) is 1. The van der Waals surface area contributed by atoms with E-state index in [-0.39, 0.29) is 22.2 Å². The molecule has 8 heteroatoms. The monoisotopic (exact) mass is 406 g/mol. The van der Waals surface area contributed by atoms with Crippen molar-refractivity contribution in [1.82, 2.24) is 10.3 Å². The summed E-state index contributed by atoms with van der Waals surface area (Å²) in [5.74, 6) is 0.762. The molecule has 1 N–H and O–H groups in total. The first kappa shape index (κ1) is 20.5. The predicted molar refractivity (Wildman–Crippen MR) is 105 cm³/mol. The molecule has 0 bridgehead atoms. The minimum Gasteiger partial charge on any atom is -0.441 e. The first-order chi connectivity index (χ1) is 13.5. The van der Waals surface area contributed by atoms with E-state index < -0.39 is 0 Å². The number of hydrogen-bond acceptors (Lipinski definition) is 6. The van der Waals surface area contributed by atoms with Crippen LogP contribution < -0.4 is 5.32 Å². The molecule has 2 amide bonds.